The molecule has 0 saturated carbocycles. The molecule has 0 saturated heterocycles. The normalized spacial score (nSPS) is 10.7. The van der Waals surface area contributed by atoms with Gasteiger partial charge in [-0.05, 0) is 24.6 Å². The molecule has 0 fully saturated rings. The Morgan fingerprint density at radius 3 is 2.91 bits per heavy atom. The summed E-state index contributed by atoms with van der Waals surface area (Å²) in [5.41, 5.74) is 1.09. The summed E-state index contributed by atoms with van der Waals surface area (Å²) in [6.07, 6.45) is 8.23. The first-order valence-corrected chi connectivity index (χ1v) is 7.38. The van der Waals surface area contributed by atoms with Gasteiger partial charge in [0.05, 0.1) is 18.5 Å². The molecule has 0 bridgehead atoms. The first-order valence-electron chi connectivity index (χ1n) is 7.38. The number of nitrogens with zero attached hydrogens (tertiary/aromatic N) is 2. The van der Waals surface area contributed by atoms with E-state index < -0.39 is 5.97 Å². The molecule has 23 heavy (non-hydrogen) atoms. The van der Waals surface area contributed by atoms with Crippen LogP contribution in [0.5, 0.6) is 0 Å². The molecule has 2 aromatic rings. The molecule has 0 radical (unpaired) electrons. The van der Waals surface area contributed by atoms with Gasteiger partial charge in [-0.3, -0.25) is 4.79 Å². The Hall–Kier alpha value is -2.89. The van der Waals surface area contributed by atoms with Crippen LogP contribution in [0.15, 0.2) is 49.1 Å². The lowest BCUT2D eigenvalue weighted by atomic mass is 10.1. The van der Waals surface area contributed by atoms with Crippen molar-refractivity contribution in [2.24, 2.45) is 0 Å². The minimum atomic E-state index is -0.395. The van der Waals surface area contributed by atoms with Crippen molar-refractivity contribution < 1.29 is 14.3 Å². The Kier molecular flexibility index (Phi) is 6.11. The summed E-state index contributed by atoms with van der Waals surface area (Å²) in [6.45, 7) is 3.22. The van der Waals surface area contributed by atoms with Crippen LogP contribution in [-0.2, 0) is 16.1 Å². The third-order valence-corrected chi connectivity index (χ3v) is 3.10. The van der Waals surface area contributed by atoms with Gasteiger partial charge in [-0.25, -0.2) is 9.78 Å². The quantitative estimate of drug-likeness (QED) is 0.626. The second-order valence-corrected chi connectivity index (χ2v) is 4.73. The predicted octanol–water partition coefficient (Wildman–Crippen LogP) is 1.89. The zero-order chi connectivity index (χ0) is 16.5. The molecular formula is C17H19N3O3. The Morgan fingerprint density at radius 1 is 1.35 bits per heavy atom. The van der Waals surface area contributed by atoms with Crippen molar-refractivity contribution in [3.8, 4) is 0 Å². The van der Waals surface area contributed by atoms with Crippen molar-refractivity contribution in [2.75, 3.05) is 13.2 Å². The van der Waals surface area contributed by atoms with E-state index in [1.165, 1.54) is 6.08 Å². The number of ether oxygens (including phenoxy) is 1. The van der Waals surface area contributed by atoms with Crippen LogP contribution in [-0.4, -0.2) is 34.6 Å². The number of carbonyl (C=O) groups excluding carboxylic acids is 2. The highest BCUT2D eigenvalue weighted by molar-refractivity contribution is 5.97. The molecule has 0 aliphatic carbocycles. The molecule has 0 aliphatic heterocycles. The monoisotopic (exact) mass is 313 g/mol. The van der Waals surface area contributed by atoms with Crippen LogP contribution in [0.4, 0.5) is 0 Å². The molecule has 1 aromatic carbocycles. The molecular weight excluding hydrogens is 294 g/mol. The lowest BCUT2D eigenvalue weighted by Crippen LogP contribution is -2.25. The van der Waals surface area contributed by atoms with Crippen LogP contribution in [0.25, 0.3) is 6.08 Å². The van der Waals surface area contributed by atoms with Gasteiger partial charge in [-0.15, -0.1) is 0 Å². The molecule has 120 valence electrons. The van der Waals surface area contributed by atoms with Crippen LogP contribution in [0.2, 0.25) is 0 Å². The molecule has 0 spiro atoms. The first-order chi connectivity index (χ1) is 11.2. The molecule has 0 aliphatic rings. The topological polar surface area (TPSA) is 73.2 Å². The zero-order valence-corrected chi connectivity index (χ0v) is 12.9. The fourth-order valence-corrected chi connectivity index (χ4v) is 1.99. The third-order valence-electron chi connectivity index (χ3n) is 3.10. The largest absolute Gasteiger partial charge is 0.462 e. The van der Waals surface area contributed by atoms with E-state index in [1.54, 1.807) is 49.8 Å². The highest BCUT2D eigenvalue weighted by Crippen LogP contribution is 2.12. The summed E-state index contributed by atoms with van der Waals surface area (Å²) in [7, 11) is 0. The van der Waals surface area contributed by atoms with E-state index in [0.29, 0.717) is 30.8 Å². The highest BCUT2D eigenvalue weighted by atomic mass is 16.5. The van der Waals surface area contributed by atoms with Crippen LogP contribution in [0.3, 0.4) is 0 Å². The molecule has 1 aromatic heterocycles. The molecule has 0 atom stereocenters. The fourth-order valence-electron chi connectivity index (χ4n) is 1.99. The van der Waals surface area contributed by atoms with Crippen molar-refractivity contribution in [2.45, 2.75) is 13.5 Å². The molecule has 2 rings (SSSR count). The lowest BCUT2D eigenvalue weighted by Gasteiger charge is -2.05. The molecule has 0 unspecified atom stereocenters. The highest BCUT2D eigenvalue weighted by Gasteiger charge is 2.09. The van der Waals surface area contributed by atoms with E-state index in [-0.39, 0.29) is 5.91 Å². The van der Waals surface area contributed by atoms with Gasteiger partial charge in [0.25, 0.3) is 0 Å². The molecule has 6 heteroatoms. The van der Waals surface area contributed by atoms with Crippen molar-refractivity contribution in [1.82, 2.24) is 14.9 Å². The van der Waals surface area contributed by atoms with Crippen molar-refractivity contribution >= 4 is 18.0 Å². The van der Waals surface area contributed by atoms with Gasteiger partial charge < -0.3 is 14.6 Å². The smallest absolute Gasteiger partial charge is 0.338 e. The van der Waals surface area contributed by atoms with E-state index >= 15 is 0 Å². The number of carbonyl (C=O) groups is 2. The van der Waals surface area contributed by atoms with Gasteiger partial charge >= 0.3 is 5.97 Å². The number of nitrogens with one attached hydrogen (secondary N) is 1. The molecule has 1 heterocycles. The predicted molar refractivity (Wildman–Crippen MR) is 86.7 cm³/mol. The van der Waals surface area contributed by atoms with E-state index in [4.69, 9.17) is 4.74 Å². The number of imidazole rings is 1. The standard InChI is InChI=1S/C17H19N3O3/c1-2-23-17(22)15-6-4-3-5-14(15)7-8-16(21)19-10-12-20-11-9-18-13-20/h3-9,11,13H,2,10,12H2,1H3,(H,19,21). The molecule has 1 amide bonds. The summed E-state index contributed by atoms with van der Waals surface area (Å²) in [4.78, 5) is 27.6. The van der Waals surface area contributed by atoms with Gasteiger partial charge in [-0.1, -0.05) is 18.2 Å². The van der Waals surface area contributed by atoms with Crippen LogP contribution < -0.4 is 5.32 Å². The second kappa shape index (κ2) is 8.53. The SMILES string of the molecule is CCOC(=O)c1ccccc1C=CC(=O)NCCn1ccnc1. The number of amides is 1. The van der Waals surface area contributed by atoms with Gasteiger partial charge in [-0.2, -0.15) is 0 Å². The van der Waals surface area contributed by atoms with Gasteiger partial charge in [0.2, 0.25) is 5.91 Å². The average Bonchev–Trinajstić information content (AvgIpc) is 3.07. The summed E-state index contributed by atoms with van der Waals surface area (Å²) in [6, 6.07) is 7.00. The maximum Gasteiger partial charge on any atom is 0.338 e. The van der Waals surface area contributed by atoms with E-state index in [2.05, 4.69) is 10.3 Å². The zero-order valence-electron chi connectivity index (χ0n) is 12.9. The number of hydrogen-bond acceptors (Lipinski definition) is 4. The third kappa shape index (κ3) is 5.10. The van der Waals surface area contributed by atoms with Crippen LogP contribution in [0.1, 0.15) is 22.8 Å². The lowest BCUT2D eigenvalue weighted by molar-refractivity contribution is -0.116. The summed E-state index contributed by atoms with van der Waals surface area (Å²) >= 11 is 0. The van der Waals surface area contributed by atoms with Crippen LogP contribution in [0, 0.1) is 0 Å². The minimum Gasteiger partial charge on any atom is -0.462 e. The Balaban J connectivity index is 1.91. The number of benzene rings is 1. The van der Waals surface area contributed by atoms with Gasteiger partial charge in [0, 0.05) is 31.6 Å². The second-order valence-electron chi connectivity index (χ2n) is 4.73. The maximum atomic E-state index is 11.8. The Morgan fingerprint density at radius 2 is 2.17 bits per heavy atom. The summed E-state index contributed by atoms with van der Waals surface area (Å²) in [5.74, 6) is -0.614. The Labute approximate surface area is 134 Å². The van der Waals surface area contributed by atoms with Gasteiger partial charge in [0.1, 0.15) is 0 Å². The number of aromatic nitrogens is 2. The average molecular weight is 313 g/mol. The maximum absolute atomic E-state index is 11.8. The van der Waals surface area contributed by atoms with Crippen molar-refractivity contribution in [3.05, 3.63) is 60.2 Å². The fraction of sp³-hybridized carbons (Fsp3) is 0.235. The van der Waals surface area contributed by atoms with E-state index in [1.807, 2.05) is 10.8 Å². The van der Waals surface area contributed by atoms with E-state index in [0.717, 1.165) is 0 Å². The summed E-state index contributed by atoms with van der Waals surface area (Å²) in [5, 5.41) is 2.77. The van der Waals surface area contributed by atoms with Crippen LogP contribution >= 0.6 is 0 Å². The van der Waals surface area contributed by atoms with Gasteiger partial charge in [0.15, 0.2) is 0 Å². The van der Waals surface area contributed by atoms with E-state index in [9.17, 15) is 9.59 Å². The Bertz CT molecular complexity index is 678. The first kappa shape index (κ1) is 16.5. The number of esters is 1. The number of hydrogen-bond donors (Lipinski definition) is 1. The van der Waals surface area contributed by atoms with Crippen molar-refractivity contribution in [1.29, 1.82) is 0 Å². The van der Waals surface area contributed by atoms with Crippen molar-refractivity contribution in [3.63, 3.8) is 0 Å². The molecule has 1 N–H and O–H groups in total. The molecule has 6 nitrogen and oxygen atoms in total. The number of rotatable bonds is 7. The minimum absolute atomic E-state index is 0.219. The summed E-state index contributed by atoms with van der Waals surface area (Å²) < 4.78 is 6.87.